The fourth-order valence-corrected chi connectivity index (χ4v) is 1.95. The van der Waals surface area contributed by atoms with Crippen LogP contribution in [0.3, 0.4) is 0 Å². The summed E-state index contributed by atoms with van der Waals surface area (Å²) in [5.41, 5.74) is 0.570. The van der Waals surface area contributed by atoms with E-state index in [1.54, 1.807) is 24.3 Å². The molecule has 7 nitrogen and oxygen atoms in total. The molecule has 0 saturated carbocycles. The molecule has 0 aliphatic heterocycles. The zero-order valence-corrected chi connectivity index (χ0v) is 13.4. The smallest absolute Gasteiger partial charge is 0.279 e. The first-order chi connectivity index (χ1) is 9.70. The van der Waals surface area contributed by atoms with E-state index in [0.29, 0.717) is 11.4 Å². The lowest BCUT2D eigenvalue weighted by molar-refractivity contribution is -0.115. The van der Waals surface area contributed by atoms with E-state index in [-0.39, 0.29) is 12.6 Å². The molecule has 0 atom stereocenters. The summed E-state index contributed by atoms with van der Waals surface area (Å²) < 4.78 is 31.6. The van der Waals surface area contributed by atoms with E-state index in [9.17, 15) is 13.2 Å². The SMILES string of the molecule is CC(C)Oc1ccc(NC(=O)CNS(=O)(=O)N(C)C)cc1. The third-order valence-corrected chi connectivity index (χ3v) is 3.88. The lowest BCUT2D eigenvalue weighted by Gasteiger charge is -2.13. The second-order valence-corrected chi connectivity index (χ2v) is 6.82. The summed E-state index contributed by atoms with van der Waals surface area (Å²) in [7, 11) is -0.838. The molecular weight excluding hydrogens is 294 g/mol. The molecule has 0 saturated heterocycles. The molecule has 0 fully saturated rings. The largest absolute Gasteiger partial charge is 0.491 e. The van der Waals surface area contributed by atoms with Crippen LogP contribution in [0.5, 0.6) is 5.75 Å². The number of carbonyl (C=O) groups excluding carboxylic acids is 1. The van der Waals surface area contributed by atoms with Crippen molar-refractivity contribution in [2.24, 2.45) is 0 Å². The van der Waals surface area contributed by atoms with Gasteiger partial charge in [0, 0.05) is 19.8 Å². The first-order valence-corrected chi connectivity index (χ1v) is 7.88. The van der Waals surface area contributed by atoms with Crippen molar-refractivity contribution < 1.29 is 17.9 Å². The molecule has 1 rings (SSSR count). The van der Waals surface area contributed by atoms with Crippen LogP contribution < -0.4 is 14.8 Å². The number of carbonyl (C=O) groups is 1. The molecule has 118 valence electrons. The Morgan fingerprint density at radius 2 is 1.81 bits per heavy atom. The Morgan fingerprint density at radius 1 is 1.24 bits per heavy atom. The molecule has 2 N–H and O–H groups in total. The first kappa shape index (κ1) is 17.4. The van der Waals surface area contributed by atoms with Crippen LogP contribution in [0.15, 0.2) is 24.3 Å². The first-order valence-electron chi connectivity index (χ1n) is 6.44. The van der Waals surface area contributed by atoms with E-state index in [4.69, 9.17) is 4.74 Å². The van der Waals surface area contributed by atoms with E-state index in [0.717, 1.165) is 4.31 Å². The molecule has 0 spiro atoms. The molecule has 0 heterocycles. The van der Waals surface area contributed by atoms with Gasteiger partial charge in [-0.15, -0.1) is 0 Å². The van der Waals surface area contributed by atoms with Crippen molar-refractivity contribution in [1.29, 1.82) is 0 Å². The van der Waals surface area contributed by atoms with E-state index in [1.165, 1.54) is 14.1 Å². The van der Waals surface area contributed by atoms with Gasteiger partial charge in [0.05, 0.1) is 12.6 Å². The summed E-state index contributed by atoms with van der Waals surface area (Å²) in [6.45, 7) is 3.52. The Bertz CT molecular complexity index is 568. The van der Waals surface area contributed by atoms with Crippen molar-refractivity contribution in [2.45, 2.75) is 20.0 Å². The maximum atomic E-state index is 11.7. The normalized spacial score (nSPS) is 11.7. The highest BCUT2D eigenvalue weighted by Gasteiger charge is 2.14. The molecule has 8 heteroatoms. The molecule has 0 aromatic heterocycles. The summed E-state index contributed by atoms with van der Waals surface area (Å²) >= 11 is 0. The van der Waals surface area contributed by atoms with E-state index < -0.39 is 16.1 Å². The van der Waals surface area contributed by atoms with Gasteiger partial charge in [0.25, 0.3) is 10.2 Å². The lowest BCUT2D eigenvalue weighted by Crippen LogP contribution is -2.40. The quantitative estimate of drug-likeness (QED) is 0.779. The number of rotatable bonds is 7. The summed E-state index contributed by atoms with van der Waals surface area (Å²) in [5.74, 6) is 0.259. The minimum Gasteiger partial charge on any atom is -0.491 e. The highest BCUT2D eigenvalue weighted by atomic mass is 32.2. The minimum atomic E-state index is -3.60. The number of amides is 1. The minimum absolute atomic E-state index is 0.0749. The highest BCUT2D eigenvalue weighted by molar-refractivity contribution is 7.87. The topological polar surface area (TPSA) is 87.7 Å². The second-order valence-electron chi connectivity index (χ2n) is 4.85. The molecule has 0 aliphatic carbocycles. The third kappa shape index (κ3) is 6.11. The van der Waals surface area contributed by atoms with E-state index in [2.05, 4.69) is 10.0 Å². The van der Waals surface area contributed by atoms with Gasteiger partial charge in [0.2, 0.25) is 5.91 Å². The van der Waals surface area contributed by atoms with Gasteiger partial charge in [-0.05, 0) is 38.1 Å². The molecular formula is C13H21N3O4S. The number of benzene rings is 1. The molecule has 0 unspecified atom stereocenters. The summed E-state index contributed by atoms with van der Waals surface area (Å²) in [6.07, 6.45) is 0.0749. The van der Waals surface area contributed by atoms with Gasteiger partial charge in [0.1, 0.15) is 5.75 Å². The zero-order valence-electron chi connectivity index (χ0n) is 12.6. The molecule has 0 aliphatic rings. The van der Waals surface area contributed by atoms with Gasteiger partial charge < -0.3 is 10.1 Å². The van der Waals surface area contributed by atoms with Gasteiger partial charge in [-0.1, -0.05) is 0 Å². The van der Waals surface area contributed by atoms with Gasteiger partial charge >= 0.3 is 0 Å². The van der Waals surface area contributed by atoms with Crippen molar-refractivity contribution in [2.75, 3.05) is 26.0 Å². The molecule has 1 aromatic carbocycles. The van der Waals surface area contributed by atoms with Crippen LogP contribution >= 0.6 is 0 Å². The van der Waals surface area contributed by atoms with Crippen molar-refractivity contribution in [3.8, 4) is 5.75 Å². The number of hydrogen-bond acceptors (Lipinski definition) is 4. The third-order valence-electron chi connectivity index (χ3n) is 2.41. The number of ether oxygens (including phenoxy) is 1. The maximum absolute atomic E-state index is 11.7. The van der Waals surface area contributed by atoms with E-state index in [1.807, 2.05) is 13.8 Å². The Kier molecular flexibility index (Phi) is 6.13. The van der Waals surface area contributed by atoms with Crippen molar-refractivity contribution >= 4 is 21.8 Å². The maximum Gasteiger partial charge on any atom is 0.279 e. The number of nitrogens with one attached hydrogen (secondary N) is 2. The van der Waals surface area contributed by atoms with Crippen molar-refractivity contribution in [1.82, 2.24) is 9.03 Å². The van der Waals surface area contributed by atoms with Crippen LogP contribution in [-0.2, 0) is 15.0 Å². The molecule has 1 aromatic rings. The van der Waals surface area contributed by atoms with Crippen LogP contribution in [0, 0.1) is 0 Å². The van der Waals surface area contributed by atoms with Crippen molar-refractivity contribution in [3.63, 3.8) is 0 Å². The van der Waals surface area contributed by atoms with Gasteiger partial charge in [0.15, 0.2) is 0 Å². The second kappa shape index (κ2) is 7.39. The predicted molar refractivity (Wildman–Crippen MR) is 81.4 cm³/mol. The number of hydrogen-bond donors (Lipinski definition) is 2. The standard InChI is InChI=1S/C13H21N3O4S/c1-10(2)20-12-7-5-11(6-8-12)15-13(17)9-14-21(18,19)16(3)4/h5-8,10,14H,9H2,1-4H3,(H,15,17). The fourth-order valence-electron chi connectivity index (χ4n) is 1.38. The summed E-state index contributed by atoms with van der Waals surface area (Å²) in [4.78, 5) is 11.7. The fraction of sp³-hybridized carbons (Fsp3) is 0.462. The van der Waals surface area contributed by atoms with Crippen LogP contribution in [0.1, 0.15) is 13.8 Å². The molecule has 0 bridgehead atoms. The molecule has 21 heavy (non-hydrogen) atoms. The van der Waals surface area contributed by atoms with Crippen LogP contribution in [0.2, 0.25) is 0 Å². The summed E-state index contributed by atoms with van der Waals surface area (Å²) in [5, 5.41) is 2.59. The Hall–Kier alpha value is -1.64. The Labute approximate surface area is 125 Å². The van der Waals surface area contributed by atoms with Crippen molar-refractivity contribution in [3.05, 3.63) is 24.3 Å². The number of nitrogens with zero attached hydrogens (tertiary/aromatic N) is 1. The van der Waals surface area contributed by atoms with Gasteiger partial charge in [-0.2, -0.15) is 17.4 Å². The van der Waals surface area contributed by atoms with Gasteiger partial charge in [-0.25, -0.2) is 0 Å². The van der Waals surface area contributed by atoms with Crippen LogP contribution in [0.25, 0.3) is 0 Å². The Balaban J connectivity index is 2.52. The number of anilines is 1. The van der Waals surface area contributed by atoms with Crippen LogP contribution in [0.4, 0.5) is 5.69 Å². The Morgan fingerprint density at radius 3 is 2.29 bits per heavy atom. The highest BCUT2D eigenvalue weighted by Crippen LogP contribution is 2.16. The van der Waals surface area contributed by atoms with Gasteiger partial charge in [-0.3, -0.25) is 4.79 Å². The lowest BCUT2D eigenvalue weighted by atomic mass is 10.3. The average Bonchev–Trinajstić information content (AvgIpc) is 2.38. The predicted octanol–water partition coefficient (Wildman–Crippen LogP) is 0.808. The van der Waals surface area contributed by atoms with Crippen LogP contribution in [-0.4, -0.2) is 45.4 Å². The molecule has 1 amide bonds. The van der Waals surface area contributed by atoms with E-state index >= 15 is 0 Å². The zero-order chi connectivity index (χ0) is 16.0. The monoisotopic (exact) mass is 315 g/mol. The molecule has 0 radical (unpaired) electrons. The average molecular weight is 315 g/mol. The summed E-state index contributed by atoms with van der Waals surface area (Å²) in [6, 6.07) is 6.85.